The van der Waals surface area contributed by atoms with Gasteiger partial charge in [-0.3, -0.25) is 9.79 Å². The number of pyridine rings is 1. The molecule has 0 aliphatic carbocycles. The first-order chi connectivity index (χ1) is 13.7. The van der Waals surface area contributed by atoms with Gasteiger partial charge in [0, 0.05) is 51.7 Å². The van der Waals surface area contributed by atoms with E-state index in [-0.39, 0.29) is 36.0 Å². The Kier molecular flexibility index (Phi) is 7.33. The molecule has 2 aliphatic heterocycles. The summed E-state index contributed by atoms with van der Waals surface area (Å²) < 4.78 is 7.63. The summed E-state index contributed by atoms with van der Waals surface area (Å²) in [4.78, 5) is 25.7. The summed E-state index contributed by atoms with van der Waals surface area (Å²) in [6, 6.07) is 6.10. The minimum absolute atomic E-state index is 0. The van der Waals surface area contributed by atoms with E-state index in [0.717, 1.165) is 48.9 Å². The Balaban J connectivity index is 0.00000240. The molecule has 0 aromatic carbocycles. The number of guanidine groups is 1. The zero-order valence-electron chi connectivity index (χ0n) is 17.0. The molecule has 1 atom stereocenters. The Labute approximate surface area is 188 Å². The average molecular weight is 512 g/mol. The molecule has 2 aliphatic rings. The van der Waals surface area contributed by atoms with Crippen LogP contribution in [0.15, 0.2) is 29.4 Å². The Morgan fingerprint density at radius 1 is 1.28 bits per heavy atom. The smallest absolute Gasteiger partial charge is 0.251 e. The van der Waals surface area contributed by atoms with Crippen molar-refractivity contribution >= 4 is 41.5 Å². The van der Waals surface area contributed by atoms with Crippen LogP contribution in [-0.2, 0) is 16.1 Å². The van der Waals surface area contributed by atoms with Crippen LogP contribution in [0.4, 0.5) is 0 Å². The zero-order valence-corrected chi connectivity index (χ0v) is 19.3. The molecule has 2 aromatic heterocycles. The van der Waals surface area contributed by atoms with Crippen LogP contribution in [0.1, 0.15) is 24.2 Å². The Hall–Kier alpha value is -1.88. The molecule has 9 heteroatoms. The summed E-state index contributed by atoms with van der Waals surface area (Å²) in [5.41, 5.74) is 3.09. The van der Waals surface area contributed by atoms with Gasteiger partial charge in [-0.05, 0) is 31.9 Å². The average Bonchev–Trinajstić information content (AvgIpc) is 3.39. The maximum absolute atomic E-state index is 12.5. The van der Waals surface area contributed by atoms with Crippen molar-refractivity contribution in [2.45, 2.75) is 32.4 Å². The number of aliphatic imine (C=N–C) groups is 1. The van der Waals surface area contributed by atoms with Gasteiger partial charge in [0.15, 0.2) is 5.96 Å². The van der Waals surface area contributed by atoms with Gasteiger partial charge in [0.25, 0.3) is 5.91 Å². The lowest BCUT2D eigenvalue weighted by atomic mass is 10.2. The summed E-state index contributed by atoms with van der Waals surface area (Å²) in [5.74, 6) is 0.984. The Bertz CT molecular complexity index is 869. The van der Waals surface area contributed by atoms with Gasteiger partial charge < -0.3 is 24.3 Å². The molecule has 1 amide bonds. The van der Waals surface area contributed by atoms with E-state index in [1.807, 2.05) is 17.0 Å². The van der Waals surface area contributed by atoms with E-state index in [1.165, 1.54) is 0 Å². The van der Waals surface area contributed by atoms with Gasteiger partial charge in [0.2, 0.25) is 0 Å². The summed E-state index contributed by atoms with van der Waals surface area (Å²) >= 11 is 0. The topological polar surface area (TPSA) is 74.5 Å². The molecule has 2 fully saturated rings. The fourth-order valence-electron chi connectivity index (χ4n) is 3.90. The van der Waals surface area contributed by atoms with Gasteiger partial charge in [0.1, 0.15) is 11.8 Å². The Morgan fingerprint density at radius 2 is 2.03 bits per heavy atom. The molecular formula is C20H29IN6O2. The van der Waals surface area contributed by atoms with Crippen LogP contribution >= 0.6 is 24.0 Å². The number of hydrogen-bond donors (Lipinski definition) is 1. The predicted molar refractivity (Wildman–Crippen MR) is 123 cm³/mol. The summed E-state index contributed by atoms with van der Waals surface area (Å²) in [6.07, 6.45) is 3.65. The molecule has 4 rings (SSSR count). The van der Waals surface area contributed by atoms with Crippen LogP contribution in [0, 0.1) is 6.92 Å². The van der Waals surface area contributed by atoms with Crippen molar-refractivity contribution in [3.8, 4) is 0 Å². The van der Waals surface area contributed by atoms with Crippen LogP contribution < -0.4 is 5.32 Å². The van der Waals surface area contributed by atoms with E-state index in [9.17, 15) is 4.79 Å². The quantitative estimate of drug-likeness (QED) is 0.385. The molecule has 158 valence electrons. The highest BCUT2D eigenvalue weighted by molar-refractivity contribution is 14.0. The first kappa shape index (κ1) is 21.8. The summed E-state index contributed by atoms with van der Waals surface area (Å²) in [5, 5.41) is 3.41. The van der Waals surface area contributed by atoms with Crippen LogP contribution in [-0.4, -0.2) is 77.0 Å². The van der Waals surface area contributed by atoms with E-state index >= 15 is 0 Å². The first-order valence-electron chi connectivity index (χ1n) is 9.95. The molecule has 1 unspecified atom stereocenters. The zero-order chi connectivity index (χ0) is 19.5. The molecule has 1 N–H and O–H groups in total. The van der Waals surface area contributed by atoms with Crippen molar-refractivity contribution in [1.82, 2.24) is 24.5 Å². The van der Waals surface area contributed by atoms with E-state index in [2.05, 4.69) is 43.8 Å². The van der Waals surface area contributed by atoms with Gasteiger partial charge in [0.05, 0.1) is 12.2 Å². The molecule has 0 saturated carbocycles. The monoisotopic (exact) mass is 512 g/mol. The van der Waals surface area contributed by atoms with Crippen molar-refractivity contribution in [2.24, 2.45) is 4.99 Å². The van der Waals surface area contributed by atoms with Crippen LogP contribution in [0.5, 0.6) is 0 Å². The summed E-state index contributed by atoms with van der Waals surface area (Å²) in [7, 11) is 1.79. The van der Waals surface area contributed by atoms with Crippen molar-refractivity contribution in [1.29, 1.82) is 0 Å². The largest absolute Gasteiger partial charge is 0.368 e. The normalized spacial score (nSPS) is 20.1. The molecular weight excluding hydrogens is 483 g/mol. The van der Waals surface area contributed by atoms with E-state index in [0.29, 0.717) is 26.2 Å². The molecule has 0 bridgehead atoms. The highest BCUT2D eigenvalue weighted by Gasteiger charge is 2.30. The maximum Gasteiger partial charge on any atom is 0.251 e. The number of piperazine rings is 1. The van der Waals surface area contributed by atoms with Gasteiger partial charge in [-0.1, -0.05) is 6.07 Å². The molecule has 2 saturated heterocycles. The number of halogens is 1. The summed E-state index contributed by atoms with van der Waals surface area (Å²) in [6.45, 7) is 6.32. The number of fused-ring (bicyclic) bond motifs is 1. The number of aromatic nitrogens is 2. The predicted octanol–water partition coefficient (Wildman–Crippen LogP) is 1.66. The number of rotatable bonds is 3. The van der Waals surface area contributed by atoms with E-state index < -0.39 is 0 Å². The number of ether oxygens (including phenoxy) is 1. The molecule has 0 radical (unpaired) electrons. The van der Waals surface area contributed by atoms with Crippen LogP contribution in [0.3, 0.4) is 0 Å². The maximum atomic E-state index is 12.5. The number of aryl methyl sites for hydroxylation is 1. The minimum atomic E-state index is -0.234. The van der Waals surface area contributed by atoms with Gasteiger partial charge in [-0.2, -0.15) is 0 Å². The molecule has 0 spiro atoms. The van der Waals surface area contributed by atoms with E-state index in [4.69, 9.17) is 4.74 Å². The number of amides is 1. The number of imidazole rings is 1. The van der Waals surface area contributed by atoms with Gasteiger partial charge in [-0.15, -0.1) is 24.0 Å². The fourth-order valence-corrected chi connectivity index (χ4v) is 3.90. The number of hydrogen-bond acceptors (Lipinski definition) is 4. The highest BCUT2D eigenvalue weighted by atomic mass is 127. The molecule has 4 heterocycles. The third kappa shape index (κ3) is 4.82. The van der Waals surface area contributed by atoms with Gasteiger partial charge >= 0.3 is 0 Å². The fraction of sp³-hybridized carbons (Fsp3) is 0.550. The number of carbonyl (C=O) groups is 1. The number of carbonyl (C=O) groups excluding carboxylic acids is 1. The second kappa shape index (κ2) is 9.75. The molecule has 8 nitrogen and oxygen atoms in total. The highest BCUT2D eigenvalue weighted by Crippen LogP contribution is 2.16. The lowest BCUT2D eigenvalue weighted by molar-refractivity contribution is -0.142. The molecule has 29 heavy (non-hydrogen) atoms. The van der Waals surface area contributed by atoms with Crippen molar-refractivity contribution < 1.29 is 9.53 Å². The van der Waals surface area contributed by atoms with Gasteiger partial charge in [-0.25, -0.2) is 4.98 Å². The molecule has 2 aromatic rings. The lowest BCUT2D eigenvalue weighted by Gasteiger charge is -2.37. The minimum Gasteiger partial charge on any atom is -0.368 e. The third-order valence-electron chi connectivity index (χ3n) is 5.48. The van der Waals surface area contributed by atoms with E-state index in [1.54, 1.807) is 7.05 Å². The lowest BCUT2D eigenvalue weighted by Crippen LogP contribution is -2.55. The SMILES string of the molecule is CN=C(NCc1cn2c(C)cccc2n1)N1CCN(C(=O)C2CCCO2)CC1.I. The second-order valence-electron chi connectivity index (χ2n) is 7.34. The number of nitrogens with one attached hydrogen (secondary N) is 1. The third-order valence-corrected chi connectivity index (χ3v) is 5.48. The number of nitrogens with zero attached hydrogens (tertiary/aromatic N) is 5. The van der Waals surface area contributed by atoms with Crippen molar-refractivity contribution in [2.75, 3.05) is 39.8 Å². The van der Waals surface area contributed by atoms with Crippen molar-refractivity contribution in [3.05, 3.63) is 35.8 Å². The Morgan fingerprint density at radius 3 is 2.69 bits per heavy atom. The van der Waals surface area contributed by atoms with Crippen molar-refractivity contribution in [3.63, 3.8) is 0 Å². The first-order valence-corrected chi connectivity index (χ1v) is 9.95. The second-order valence-corrected chi connectivity index (χ2v) is 7.34. The van der Waals surface area contributed by atoms with Crippen LogP contribution in [0.2, 0.25) is 0 Å². The van der Waals surface area contributed by atoms with Crippen LogP contribution in [0.25, 0.3) is 5.65 Å². The standard InChI is InChI=1S/C20H28N6O2.HI/c1-15-5-3-7-18-23-16(14-26(15)18)13-22-20(21-2)25-10-8-24(9-11-25)19(27)17-6-4-12-28-17;/h3,5,7,14,17H,4,6,8-13H2,1-2H3,(H,21,22);1H.